The highest BCUT2D eigenvalue weighted by molar-refractivity contribution is 7.92. The highest BCUT2D eigenvalue weighted by Crippen LogP contribution is 2.28. The number of methoxy groups -OCH3 is 1. The van der Waals surface area contributed by atoms with Crippen LogP contribution in [0.4, 0.5) is 11.4 Å². The van der Waals surface area contributed by atoms with Crippen molar-refractivity contribution in [1.29, 1.82) is 0 Å². The molecule has 0 saturated carbocycles. The smallest absolute Gasteiger partial charge is 0.337 e. The molecule has 0 amide bonds. The zero-order valence-corrected chi connectivity index (χ0v) is 15.3. The minimum atomic E-state index is -4.00. The molecule has 0 heterocycles. The normalized spacial score (nSPS) is 11.0. The van der Waals surface area contributed by atoms with Crippen LogP contribution in [0.5, 0.6) is 0 Å². The lowest BCUT2D eigenvalue weighted by molar-refractivity contribution is -0.385. The van der Waals surface area contributed by atoms with Gasteiger partial charge >= 0.3 is 5.97 Å². The summed E-state index contributed by atoms with van der Waals surface area (Å²) in [7, 11) is -2.75. The van der Waals surface area contributed by atoms with Crippen LogP contribution in [0.15, 0.2) is 47.4 Å². The van der Waals surface area contributed by atoms with E-state index in [1.54, 1.807) is 6.92 Å². The van der Waals surface area contributed by atoms with Crippen molar-refractivity contribution in [1.82, 2.24) is 0 Å². The van der Waals surface area contributed by atoms with Gasteiger partial charge in [0.15, 0.2) is 0 Å². The number of nitro groups is 1. The molecule has 0 aliphatic heterocycles. The van der Waals surface area contributed by atoms with Crippen molar-refractivity contribution >= 4 is 27.4 Å². The molecule has 0 N–H and O–H groups in total. The molecule has 0 aliphatic rings. The minimum Gasteiger partial charge on any atom is -0.465 e. The summed E-state index contributed by atoms with van der Waals surface area (Å²) < 4.78 is 31.6. The van der Waals surface area contributed by atoms with E-state index in [2.05, 4.69) is 4.74 Å². The first-order chi connectivity index (χ1) is 12.2. The fraction of sp³-hybridized carbons (Fsp3) is 0.235. The van der Waals surface area contributed by atoms with E-state index in [0.29, 0.717) is 11.3 Å². The first-order valence-corrected chi connectivity index (χ1v) is 9.12. The average molecular weight is 378 g/mol. The summed E-state index contributed by atoms with van der Waals surface area (Å²) in [5.74, 6) is -0.531. The molecule has 26 heavy (non-hydrogen) atoms. The Bertz CT molecular complexity index is 938. The van der Waals surface area contributed by atoms with E-state index in [1.807, 2.05) is 0 Å². The summed E-state index contributed by atoms with van der Waals surface area (Å²) in [5.41, 5.74) is 0.738. The number of aryl methyl sites for hydroxylation is 1. The molecule has 0 unspecified atom stereocenters. The molecule has 0 aromatic heterocycles. The van der Waals surface area contributed by atoms with Gasteiger partial charge in [-0.2, -0.15) is 0 Å². The van der Waals surface area contributed by atoms with Crippen molar-refractivity contribution in [2.24, 2.45) is 0 Å². The van der Waals surface area contributed by atoms with Crippen molar-refractivity contribution in [2.45, 2.75) is 18.7 Å². The Morgan fingerprint density at radius 2 is 1.81 bits per heavy atom. The van der Waals surface area contributed by atoms with Gasteiger partial charge in [0.05, 0.1) is 28.2 Å². The van der Waals surface area contributed by atoms with Gasteiger partial charge in [0.1, 0.15) is 0 Å². The number of nitrogens with zero attached hydrogens (tertiary/aromatic N) is 2. The summed E-state index contributed by atoms with van der Waals surface area (Å²) >= 11 is 0. The molecular formula is C17H18N2O6S. The van der Waals surface area contributed by atoms with Crippen molar-refractivity contribution in [2.75, 3.05) is 18.0 Å². The molecule has 0 radical (unpaired) electrons. The van der Waals surface area contributed by atoms with Crippen LogP contribution in [0.25, 0.3) is 0 Å². The third kappa shape index (κ3) is 3.67. The Morgan fingerprint density at radius 3 is 2.31 bits per heavy atom. The summed E-state index contributed by atoms with van der Waals surface area (Å²) in [5, 5.41) is 11.1. The van der Waals surface area contributed by atoms with Gasteiger partial charge < -0.3 is 4.74 Å². The minimum absolute atomic E-state index is 0.113. The van der Waals surface area contributed by atoms with E-state index in [9.17, 15) is 23.3 Å². The van der Waals surface area contributed by atoms with Crippen LogP contribution in [-0.2, 0) is 14.8 Å². The van der Waals surface area contributed by atoms with E-state index < -0.39 is 20.9 Å². The van der Waals surface area contributed by atoms with Gasteiger partial charge in [-0.1, -0.05) is 6.07 Å². The topological polar surface area (TPSA) is 107 Å². The molecule has 0 spiro atoms. The van der Waals surface area contributed by atoms with Gasteiger partial charge in [-0.3, -0.25) is 14.4 Å². The molecule has 0 aliphatic carbocycles. The zero-order valence-electron chi connectivity index (χ0n) is 14.5. The SMILES string of the molecule is CCN(c1ccc(C(=O)OC)cc1)S(=O)(=O)c1ccc(C)c([N+](=O)[O-])c1. The molecule has 2 aromatic rings. The number of hydrogen-bond acceptors (Lipinski definition) is 6. The fourth-order valence-electron chi connectivity index (χ4n) is 2.45. The lowest BCUT2D eigenvalue weighted by Gasteiger charge is -2.23. The number of carbonyl (C=O) groups excluding carboxylic acids is 1. The van der Waals surface area contributed by atoms with E-state index >= 15 is 0 Å². The van der Waals surface area contributed by atoms with E-state index in [1.165, 1.54) is 50.4 Å². The maximum Gasteiger partial charge on any atom is 0.337 e. The monoisotopic (exact) mass is 378 g/mol. The first-order valence-electron chi connectivity index (χ1n) is 7.68. The highest BCUT2D eigenvalue weighted by Gasteiger charge is 2.26. The number of ether oxygens (including phenoxy) is 1. The van der Waals surface area contributed by atoms with E-state index in [0.717, 1.165) is 10.4 Å². The average Bonchev–Trinajstić information content (AvgIpc) is 2.62. The van der Waals surface area contributed by atoms with Gasteiger partial charge in [0, 0.05) is 18.2 Å². The molecule has 2 aromatic carbocycles. The Hall–Kier alpha value is -2.94. The number of hydrogen-bond donors (Lipinski definition) is 0. The second-order valence-electron chi connectivity index (χ2n) is 5.41. The maximum atomic E-state index is 12.9. The van der Waals surface area contributed by atoms with Crippen molar-refractivity contribution < 1.29 is 22.9 Å². The summed E-state index contributed by atoms with van der Waals surface area (Å²) in [6, 6.07) is 9.66. The van der Waals surface area contributed by atoms with Crippen LogP contribution in [-0.4, -0.2) is 33.0 Å². The van der Waals surface area contributed by atoms with E-state index in [-0.39, 0.29) is 22.7 Å². The van der Waals surface area contributed by atoms with Crippen LogP contribution >= 0.6 is 0 Å². The Labute approximate surface area is 151 Å². The fourth-order valence-corrected chi connectivity index (χ4v) is 3.94. The van der Waals surface area contributed by atoms with Gasteiger partial charge in [-0.25, -0.2) is 13.2 Å². The number of anilines is 1. The van der Waals surface area contributed by atoms with Crippen LogP contribution in [0.1, 0.15) is 22.8 Å². The number of carbonyl (C=O) groups is 1. The molecule has 8 nitrogen and oxygen atoms in total. The summed E-state index contributed by atoms with van der Waals surface area (Å²) in [6.45, 7) is 3.30. The molecular weight excluding hydrogens is 360 g/mol. The number of nitro benzene ring substituents is 1. The molecule has 0 bridgehead atoms. The van der Waals surface area contributed by atoms with Gasteiger partial charge in [-0.05, 0) is 44.2 Å². The Kier molecular flexibility index (Phi) is 5.61. The van der Waals surface area contributed by atoms with Crippen molar-refractivity contribution in [3.05, 3.63) is 63.7 Å². The lowest BCUT2D eigenvalue weighted by atomic mass is 10.2. The second-order valence-corrected chi connectivity index (χ2v) is 7.28. The Morgan fingerprint density at radius 1 is 1.19 bits per heavy atom. The van der Waals surface area contributed by atoms with Crippen LogP contribution in [0, 0.1) is 17.0 Å². The quantitative estimate of drug-likeness (QED) is 0.435. The number of rotatable bonds is 6. The molecule has 0 atom stereocenters. The van der Waals surface area contributed by atoms with Gasteiger partial charge in [-0.15, -0.1) is 0 Å². The first kappa shape index (κ1) is 19.4. The lowest BCUT2D eigenvalue weighted by Crippen LogP contribution is -2.30. The second kappa shape index (κ2) is 7.52. The van der Waals surface area contributed by atoms with Gasteiger partial charge in [0.25, 0.3) is 15.7 Å². The van der Waals surface area contributed by atoms with Crippen molar-refractivity contribution in [3.8, 4) is 0 Å². The highest BCUT2D eigenvalue weighted by atomic mass is 32.2. The molecule has 2 rings (SSSR count). The standard InChI is InChI=1S/C17H18N2O6S/c1-4-18(14-8-6-13(7-9-14)17(20)25-3)26(23,24)15-10-5-12(2)16(11-15)19(21)22/h5-11H,4H2,1-3H3. The van der Waals surface area contributed by atoms with Crippen LogP contribution in [0.3, 0.4) is 0 Å². The third-order valence-corrected chi connectivity index (χ3v) is 5.73. The molecule has 9 heteroatoms. The largest absolute Gasteiger partial charge is 0.465 e. The number of esters is 1. The number of sulfonamides is 1. The number of benzene rings is 2. The third-order valence-electron chi connectivity index (χ3n) is 3.83. The van der Waals surface area contributed by atoms with Crippen LogP contribution in [0.2, 0.25) is 0 Å². The Balaban J connectivity index is 2.47. The molecule has 0 fully saturated rings. The zero-order chi connectivity index (χ0) is 19.5. The van der Waals surface area contributed by atoms with Crippen LogP contribution < -0.4 is 4.31 Å². The van der Waals surface area contributed by atoms with Crippen molar-refractivity contribution in [3.63, 3.8) is 0 Å². The molecule has 0 saturated heterocycles. The van der Waals surface area contributed by atoms with Gasteiger partial charge in [0.2, 0.25) is 0 Å². The van der Waals surface area contributed by atoms with E-state index in [4.69, 9.17) is 0 Å². The molecule has 138 valence electrons. The predicted molar refractivity (Wildman–Crippen MR) is 95.8 cm³/mol. The summed E-state index contributed by atoms with van der Waals surface area (Å²) in [4.78, 5) is 21.8. The predicted octanol–water partition coefficient (Wildman–Crippen LogP) is 2.91. The summed E-state index contributed by atoms with van der Waals surface area (Å²) in [6.07, 6.45) is 0. The maximum absolute atomic E-state index is 12.9.